The average molecular weight is 423 g/mol. The van der Waals surface area contributed by atoms with Gasteiger partial charge >= 0.3 is 5.97 Å². The topological polar surface area (TPSA) is 91.6 Å². The molecule has 1 aromatic heterocycles. The number of nitrogens with zero attached hydrogens (tertiary/aromatic N) is 5. The van der Waals surface area contributed by atoms with Crippen molar-refractivity contribution in [3.63, 3.8) is 0 Å². The molecule has 0 fully saturated rings. The van der Waals surface area contributed by atoms with Crippen LogP contribution in [-0.2, 0) is 22.5 Å². The van der Waals surface area contributed by atoms with Gasteiger partial charge in [0, 0.05) is 12.6 Å². The Balaban J connectivity index is 1.69. The first-order valence-corrected chi connectivity index (χ1v) is 10.0. The van der Waals surface area contributed by atoms with E-state index in [0.717, 1.165) is 29.8 Å². The summed E-state index contributed by atoms with van der Waals surface area (Å²) in [6, 6.07) is 13.5. The van der Waals surface area contributed by atoms with Crippen molar-refractivity contribution in [1.82, 2.24) is 25.1 Å². The number of fused-ring (bicyclic) bond motifs is 1. The van der Waals surface area contributed by atoms with E-state index in [0.29, 0.717) is 23.9 Å². The number of para-hydroxylation sites is 1. The number of ether oxygens (including phenoxy) is 3. The van der Waals surface area contributed by atoms with Gasteiger partial charge in [-0.2, -0.15) is 4.68 Å². The zero-order valence-electron chi connectivity index (χ0n) is 17.8. The summed E-state index contributed by atoms with van der Waals surface area (Å²) in [4.78, 5) is 14.5. The van der Waals surface area contributed by atoms with Crippen LogP contribution in [0.25, 0.3) is 5.69 Å². The molecule has 2 aromatic carbocycles. The molecule has 2 heterocycles. The van der Waals surface area contributed by atoms with E-state index in [1.807, 2.05) is 42.5 Å². The Labute approximate surface area is 180 Å². The van der Waals surface area contributed by atoms with Crippen LogP contribution in [0, 0.1) is 0 Å². The van der Waals surface area contributed by atoms with Crippen LogP contribution >= 0.6 is 0 Å². The lowest BCUT2D eigenvalue weighted by molar-refractivity contribution is -0.142. The van der Waals surface area contributed by atoms with Crippen LogP contribution in [0.4, 0.5) is 0 Å². The Bertz CT molecular complexity index is 1050. The summed E-state index contributed by atoms with van der Waals surface area (Å²) >= 11 is 0. The number of aromatic nitrogens is 4. The summed E-state index contributed by atoms with van der Waals surface area (Å²) in [6.45, 7) is 1.23. The molecule has 3 aromatic rings. The standard InChI is InChI=1S/C22H25N5O4/c1-29-19-11-15-9-10-26(18(13-22(28)31-3)17(15)12-20(19)30-2)14-21-23-24-25-27(21)16-7-5-4-6-8-16/h4-8,11-12,18H,9-10,13-14H2,1-3H3. The second-order valence-electron chi connectivity index (χ2n) is 7.27. The van der Waals surface area contributed by atoms with Crippen LogP contribution in [0.3, 0.4) is 0 Å². The van der Waals surface area contributed by atoms with Crippen molar-refractivity contribution in [2.75, 3.05) is 27.9 Å². The van der Waals surface area contributed by atoms with Crippen molar-refractivity contribution >= 4 is 5.97 Å². The van der Waals surface area contributed by atoms with Gasteiger partial charge in [0.2, 0.25) is 0 Å². The van der Waals surface area contributed by atoms with Gasteiger partial charge in [-0.05, 0) is 52.2 Å². The van der Waals surface area contributed by atoms with Crippen molar-refractivity contribution in [3.05, 3.63) is 59.4 Å². The van der Waals surface area contributed by atoms with Crippen LogP contribution < -0.4 is 9.47 Å². The molecule has 0 saturated heterocycles. The van der Waals surface area contributed by atoms with Crippen molar-refractivity contribution in [2.24, 2.45) is 0 Å². The number of carbonyl (C=O) groups is 1. The molecule has 0 N–H and O–H groups in total. The highest BCUT2D eigenvalue weighted by molar-refractivity contribution is 5.70. The fourth-order valence-electron chi connectivity index (χ4n) is 4.01. The maximum Gasteiger partial charge on any atom is 0.307 e. The number of esters is 1. The van der Waals surface area contributed by atoms with E-state index in [1.165, 1.54) is 7.11 Å². The Morgan fingerprint density at radius 1 is 1.10 bits per heavy atom. The summed E-state index contributed by atoms with van der Waals surface area (Å²) in [5, 5.41) is 12.3. The number of tetrazole rings is 1. The third-order valence-corrected chi connectivity index (χ3v) is 5.58. The predicted octanol–water partition coefficient (Wildman–Crippen LogP) is 2.34. The molecular formula is C22H25N5O4. The fourth-order valence-corrected chi connectivity index (χ4v) is 4.01. The molecule has 0 spiro atoms. The molecule has 0 bridgehead atoms. The molecule has 1 unspecified atom stereocenters. The molecule has 31 heavy (non-hydrogen) atoms. The van der Waals surface area contributed by atoms with Crippen LogP contribution in [0.15, 0.2) is 42.5 Å². The maximum atomic E-state index is 12.3. The number of hydrogen-bond donors (Lipinski definition) is 0. The lowest BCUT2D eigenvalue weighted by Gasteiger charge is -2.36. The van der Waals surface area contributed by atoms with Gasteiger partial charge in [-0.25, -0.2) is 0 Å². The first kappa shape index (κ1) is 20.8. The Morgan fingerprint density at radius 2 is 1.84 bits per heavy atom. The quantitative estimate of drug-likeness (QED) is 0.535. The number of hydrogen-bond acceptors (Lipinski definition) is 8. The molecule has 162 valence electrons. The van der Waals surface area contributed by atoms with Gasteiger partial charge in [0.1, 0.15) is 0 Å². The van der Waals surface area contributed by atoms with Crippen LogP contribution in [-0.4, -0.2) is 59.0 Å². The second-order valence-corrected chi connectivity index (χ2v) is 7.27. The third-order valence-electron chi connectivity index (χ3n) is 5.58. The molecule has 1 aliphatic heterocycles. The van der Waals surface area contributed by atoms with Crippen molar-refractivity contribution in [3.8, 4) is 17.2 Å². The van der Waals surface area contributed by atoms with Crippen molar-refractivity contribution in [2.45, 2.75) is 25.4 Å². The van der Waals surface area contributed by atoms with E-state index >= 15 is 0 Å². The Hall–Kier alpha value is -3.46. The fraction of sp³-hybridized carbons (Fsp3) is 0.364. The molecule has 1 atom stereocenters. The minimum Gasteiger partial charge on any atom is -0.493 e. The monoisotopic (exact) mass is 423 g/mol. The number of carbonyl (C=O) groups excluding carboxylic acids is 1. The van der Waals surface area contributed by atoms with E-state index in [2.05, 4.69) is 20.4 Å². The number of methoxy groups -OCH3 is 3. The average Bonchev–Trinajstić information content (AvgIpc) is 3.28. The van der Waals surface area contributed by atoms with Gasteiger partial charge < -0.3 is 14.2 Å². The van der Waals surface area contributed by atoms with Crippen LogP contribution in [0.2, 0.25) is 0 Å². The molecule has 1 aliphatic rings. The molecule has 0 aliphatic carbocycles. The highest BCUT2D eigenvalue weighted by Gasteiger charge is 2.32. The summed E-state index contributed by atoms with van der Waals surface area (Å²) < 4.78 is 17.7. The first-order chi connectivity index (χ1) is 15.1. The molecular weight excluding hydrogens is 398 g/mol. The predicted molar refractivity (Wildman–Crippen MR) is 112 cm³/mol. The molecule has 4 rings (SSSR count). The van der Waals surface area contributed by atoms with E-state index in [4.69, 9.17) is 14.2 Å². The van der Waals surface area contributed by atoms with E-state index in [-0.39, 0.29) is 18.4 Å². The summed E-state index contributed by atoms with van der Waals surface area (Å²) in [5.41, 5.74) is 3.04. The van der Waals surface area contributed by atoms with E-state index in [9.17, 15) is 4.79 Å². The number of benzene rings is 2. The largest absolute Gasteiger partial charge is 0.493 e. The highest BCUT2D eigenvalue weighted by atomic mass is 16.5. The zero-order valence-corrected chi connectivity index (χ0v) is 17.8. The minimum atomic E-state index is -0.278. The van der Waals surface area contributed by atoms with E-state index < -0.39 is 0 Å². The molecule has 0 saturated carbocycles. The molecule has 9 nitrogen and oxygen atoms in total. The summed E-state index contributed by atoms with van der Waals surface area (Å²) in [7, 11) is 4.63. The summed E-state index contributed by atoms with van der Waals surface area (Å²) in [6.07, 6.45) is 1.02. The van der Waals surface area contributed by atoms with Crippen LogP contribution in [0.5, 0.6) is 11.5 Å². The van der Waals surface area contributed by atoms with E-state index in [1.54, 1.807) is 18.9 Å². The Kier molecular flexibility index (Phi) is 6.13. The molecule has 0 radical (unpaired) electrons. The summed E-state index contributed by atoms with van der Waals surface area (Å²) in [5.74, 6) is 1.73. The maximum absolute atomic E-state index is 12.3. The highest BCUT2D eigenvalue weighted by Crippen LogP contribution is 2.40. The van der Waals surface area contributed by atoms with Gasteiger partial charge in [-0.15, -0.1) is 5.10 Å². The van der Waals surface area contributed by atoms with Crippen molar-refractivity contribution in [1.29, 1.82) is 0 Å². The van der Waals surface area contributed by atoms with Crippen LogP contribution in [0.1, 0.15) is 29.4 Å². The first-order valence-electron chi connectivity index (χ1n) is 10.0. The SMILES string of the molecule is COC(=O)CC1c2cc(OC)c(OC)cc2CCN1Cc1nnnn1-c1ccccc1. The lowest BCUT2D eigenvalue weighted by atomic mass is 9.90. The third kappa shape index (κ3) is 4.22. The van der Waals surface area contributed by atoms with Gasteiger partial charge in [-0.1, -0.05) is 18.2 Å². The van der Waals surface area contributed by atoms with Gasteiger partial charge in [0.05, 0.1) is 40.0 Å². The smallest absolute Gasteiger partial charge is 0.307 e. The van der Waals surface area contributed by atoms with Gasteiger partial charge in [0.15, 0.2) is 17.3 Å². The minimum absolute atomic E-state index is 0.197. The van der Waals surface area contributed by atoms with Gasteiger partial charge in [0.25, 0.3) is 0 Å². The second kappa shape index (κ2) is 9.13. The normalized spacial score (nSPS) is 15.9. The lowest BCUT2D eigenvalue weighted by Crippen LogP contribution is -2.37. The zero-order chi connectivity index (χ0) is 21.8. The molecule has 9 heteroatoms. The Morgan fingerprint density at radius 3 is 2.55 bits per heavy atom. The number of rotatable bonds is 7. The van der Waals surface area contributed by atoms with Crippen molar-refractivity contribution < 1.29 is 19.0 Å². The van der Waals surface area contributed by atoms with Gasteiger partial charge in [-0.3, -0.25) is 9.69 Å². The molecule has 0 amide bonds.